The number of aromatic nitrogens is 4. The number of hydrogen-bond donors (Lipinski definition) is 0. The zero-order chi connectivity index (χ0) is 20.4. The third kappa shape index (κ3) is 4.04. The summed E-state index contributed by atoms with van der Waals surface area (Å²) in [5.41, 5.74) is 4.98. The van der Waals surface area contributed by atoms with E-state index in [1.165, 1.54) is 0 Å². The fraction of sp³-hybridized carbons (Fsp3) is 0.409. The Balaban J connectivity index is 1.45. The molecule has 0 spiro atoms. The first-order valence-electron chi connectivity index (χ1n) is 10.0. The molecule has 150 valence electrons. The summed E-state index contributed by atoms with van der Waals surface area (Å²) in [5, 5.41) is 4.00. The summed E-state index contributed by atoms with van der Waals surface area (Å²) in [4.78, 5) is 28.3. The standard InChI is InChI=1S/C22H25N5O2/c1-14-6-7-17(11-24-14)22(28)27-10-4-5-19(27)9-8-18-12-23-13-20(25-18)21-15(2)26-29-16(21)3/h6-7,11-13,19H,4-5,8-10H2,1-3H3/t19-/m0/s1. The van der Waals surface area contributed by atoms with Crippen LogP contribution in [0.15, 0.2) is 35.2 Å². The quantitative estimate of drug-likeness (QED) is 0.659. The fourth-order valence-corrected chi connectivity index (χ4v) is 3.97. The van der Waals surface area contributed by atoms with Gasteiger partial charge >= 0.3 is 0 Å². The van der Waals surface area contributed by atoms with Crippen LogP contribution in [-0.2, 0) is 6.42 Å². The smallest absolute Gasteiger partial charge is 0.255 e. The van der Waals surface area contributed by atoms with Gasteiger partial charge in [-0.1, -0.05) is 5.16 Å². The molecular formula is C22H25N5O2. The topological polar surface area (TPSA) is 85.0 Å². The van der Waals surface area contributed by atoms with Crippen LogP contribution < -0.4 is 0 Å². The molecule has 4 rings (SSSR count). The third-order valence-electron chi connectivity index (χ3n) is 5.50. The van der Waals surface area contributed by atoms with Crippen molar-refractivity contribution in [2.24, 2.45) is 0 Å². The largest absolute Gasteiger partial charge is 0.361 e. The minimum atomic E-state index is 0.0653. The van der Waals surface area contributed by atoms with Crippen LogP contribution in [0.5, 0.6) is 0 Å². The molecule has 29 heavy (non-hydrogen) atoms. The third-order valence-corrected chi connectivity index (χ3v) is 5.50. The minimum absolute atomic E-state index is 0.0653. The van der Waals surface area contributed by atoms with Gasteiger partial charge in [0, 0.05) is 30.7 Å². The van der Waals surface area contributed by atoms with Crippen LogP contribution in [0, 0.1) is 20.8 Å². The molecule has 1 saturated heterocycles. The molecule has 7 nitrogen and oxygen atoms in total. The lowest BCUT2D eigenvalue weighted by molar-refractivity contribution is 0.0730. The van der Waals surface area contributed by atoms with E-state index in [2.05, 4.69) is 15.1 Å². The van der Waals surface area contributed by atoms with E-state index in [9.17, 15) is 4.79 Å². The van der Waals surface area contributed by atoms with Gasteiger partial charge in [0.15, 0.2) is 0 Å². The van der Waals surface area contributed by atoms with Crippen molar-refractivity contribution in [3.63, 3.8) is 0 Å². The molecule has 0 aliphatic carbocycles. The lowest BCUT2D eigenvalue weighted by Crippen LogP contribution is -2.36. The van der Waals surface area contributed by atoms with Crippen LogP contribution in [0.2, 0.25) is 0 Å². The summed E-state index contributed by atoms with van der Waals surface area (Å²) >= 11 is 0. The summed E-state index contributed by atoms with van der Waals surface area (Å²) in [5.74, 6) is 0.809. The molecule has 0 N–H and O–H groups in total. The van der Waals surface area contributed by atoms with Crippen molar-refractivity contribution in [2.45, 2.75) is 52.5 Å². The monoisotopic (exact) mass is 391 g/mol. The Hall–Kier alpha value is -3.09. The molecule has 1 fully saturated rings. The molecule has 0 saturated carbocycles. The Bertz CT molecular complexity index is 993. The molecule has 0 aromatic carbocycles. The summed E-state index contributed by atoms with van der Waals surface area (Å²) < 4.78 is 5.25. The summed E-state index contributed by atoms with van der Waals surface area (Å²) in [6.07, 6.45) is 8.89. The predicted octanol–water partition coefficient (Wildman–Crippen LogP) is 3.69. The molecule has 1 aliphatic rings. The number of amides is 1. The number of rotatable bonds is 5. The first kappa shape index (κ1) is 19.2. The number of carbonyl (C=O) groups is 1. The van der Waals surface area contributed by atoms with Gasteiger partial charge in [0.05, 0.1) is 34.4 Å². The Morgan fingerprint density at radius 2 is 2.07 bits per heavy atom. The van der Waals surface area contributed by atoms with Gasteiger partial charge in [0.1, 0.15) is 5.76 Å². The second-order valence-electron chi connectivity index (χ2n) is 7.62. The van der Waals surface area contributed by atoms with Crippen LogP contribution in [0.3, 0.4) is 0 Å². The van der Waals surface area contributed by atoms with Crippen molar-refractivity contribution in [3.8, 4) is 11.3 Å². The van der Waals surface area contributed by atoms with Crippen molar-refractivity contribution in [3.05, 3.63) is 59.1 Å². The Kier molecular flexibility index (Phi) is 5.38. The first-order valence-corrected chi connectivity index (χ1v) is 10.0. The number of hydrogen-bond acceptors (Lipinski definition) is 6. The normalized spacial score (nSPS) is 16.4. The number of pyridine rings is 1. The highest BCUT2D eigenvalue weighted by Crippen LogP contribution is 2.26. The van der Waals surface area contributed by atoms with E-state index in [1.807, 2.05) is 37.8 Å². The van der Waals surface area contributed by atoms with Gasteiger partial charge in [0.25, 0.3) is 5.91 Å². The van der Waals surface area contributed by atoms with Crippen molar-refractivity contribution in [1.29, 1.82) is 0 Å². The maximum Gasteiger partial charge on any atom is 0.255 e. The Morgan fingerprint density at radius 1 is 1.21 bits per heavy atom. The highest BCUT2D eigenvalue weighted by atomic mass is 16.5. The molecule has 0 unspecified atom stereocenters. The first-order chi connectivity index (χ1) is 14.0. The van der Waals surface area contributed by atoms with Crippen molar-refractivity contribution >= 4 is 5.91 Å². The summed E-state index contributed by atoms with van der Waals surface area (Å²) in [6.45, 7) is 6.50. The number of nitrogens with zero attached hydrogens (tertiary/aromatic N) is 5. The highest BCUT2D eigenvalue weighted by Gasteiger charge is 2.29. The zero-order valence-corrected chi connectivity index (χ0v) is 17.1. The molecule has 3 aromatic rings. The maximum absolute atomic E-state index is 12.9. The van der Waals surface area contributed by atoms with Crippen molar-refractivity contribution in [2.75, 3.05) is 6.54 Å². The van der Waals surface area contributed by atoms with E-state index in [0.717, 1.165) is 66.3 Å². The lowest BCUT2D eigenvalue weighted by atomic mass is 10.1. The van der Waals surface area contributed by atoms with Crippen LogP contribution in [0.1, 0.15) is 52.5 Å². The zero-order valence-electron chi connectivity index (χ0n) is 17.1. The predicted molar refractivity (Wildman–Crippen MR) is 108 cm³/mol. The number of carbonyl (C=O) groups excluding carboxylic acids is 1. The van der Waals surface area contributed by atoms with E-state index in [-0.39, 0.29) is 11.9 Å². The molecule has 1 amide bonds. The van der Waals surface area contributed by atoms with Crippen LogP contribution in [0.25, 0.3) is 11.3 Å². The second kappa shape index (κ2) is 8.11. The summed E-state index contributed by atoms with van der Waals surface area (Å²) in [6, 6.07) is 3.96. The van der Waals surface area contributed by atoms with Gasteiger partial charge in [-0.25, -0.2) is 4.98 Å². The molecule has 0 bridgehead atoms. The average Bonchev–Trinajstić information content (AvgIpc) is 3.33. The van der Waals surface area contributed by atoms with Crippen LogP contribution in [0.4, 0.5) is 0 Å². The van der Waals surface area contributed by atoms with Crippen LogP contribution in [-0.4, -0.2) is 43.5 Å². The van der Waals surface area contributed by atoms with E-state index in [1.54, 1.807) is 18.6 Å². The summed E-state index contributed by atoms with van der Waals surface area (Å²) in [7, 11) is 0. The average molecular weight is 391 g/mol. The Morgan fingerprint density at radius 3 is 2.79 bits per heavy atom. The maximum atomic E-state index is 12.9. The molecule has 1 aliphatic heterocycles. The van der Waals surface area contributed by atoms with Gasteiger partial charge in [-0.2, -0.15) is 0 Å². The van der Waals surface area contributed by atoms with Gasteiger partial charge < -0.3 is 9.42 Å². The fourth-order valence-electron chi connectivity index (χ4n) is 3.97. The van der Waals surface area contributed by atoms with Crippen molar-refractivity contribution < 1.29 is 9.32 Å². The lowest BCUT2D eigenvalue weighted by Gasteiger charge is -2.24. The molecule has 3 aromatic heterocycles. The van der Waals surface area contributed by atoms with E-state index in [0.29, 0.717) is 5.56 Å². The molecule has 0 radical (unpaired) electrons. The molecule has 4 heterocycles. The van der Waals surface area contributed by atoms with E-state index in [4.69, 9.17) is 9.51 Å². The second-order valence-corrected chi connectivity index (χ2v) is 7.62. The number of aryl methyl sites for hydroxylation is 4. The number of likely N-dealkylation sites (tertiary alicyclic amines) is 1. The van der Waals surface area contributed by atoms with Crippen LogP contribution >= 0.6 is 0 Å². The van der Waals surface area contributed by atoms with Gasteiger partial charge in [0.2, 0.25) is 0 Å². The van der Waals surface area contributed by atoms with E-state index < -0.39 is 0 Å². The van der Waals surface area contributed by atoms with Gasteiger partial charge in [-0.3, -0.25) is 14.8 Å². The molecule has 1 atom stereocenters. The van der Waals surface area contributed by atoms with Gasteiger partial charge in [-0.15, -0.1) is 0 Å². The highest BCUT2D eigenvalue weighted by molar-refractivity contribution is 5.94. The molecular weight excluding hydrogens is 366 g/mol. The SMILES string of the molecule is Cc1ccc(C(=O)N2CCC[C@H]2CCc2cncc(-c3c(C)noc3C)n2)cn1. The van der Waals surface area contributed by atoms with E-state index >= 15 is 0 Å². The van der Waals surface area contributed by atoms with Gasteiger partial charge in [-0.05, 0) is 58.6 Å². The Labute approximate surface area is 170 Å². The van der Waals surface area contributed by atoms with Crippen molar-refractivity contribution in [1.82, 2.24) is 25.0 Å². The minimum Gasteiger partial charge on any atom is -0.361 e. The molecule has 7 heteroatoms.